The lowest BCUT2D eigenvalue weighted by molar-refractivity contribution is -0.137. The third kappa shape index (κ3) is 6.05. The molecule has 0 saturated carbocycles. The van der Waals surface area contributed by atoms with Crippen molar-refractivity contribution in [2.45, 2.75) is 59.4 Å². The SMILES string of the molecule is CC(CCNC(=O)C(C)(C)C(C)(C)N)CCC(=O)O. The summed E-state index contributed by atoms with van der Waals surface area (Å²) in [5.74, 6) is -0.558. The summed E-state index contributed by atoms with van der Waals surface area (Å²) in [6.45, 7) is 9.88. The fraction of sp³-hybridized carbons (Fsp3) is 0.857. The van der Waals surface area contributed by atoms with Crippen LogP contribution in [0.25, 0.3) is 0 Å². The number of carboxylic acid groups (broad SMARTS) is 1. The van der Waals surface area contributed by atoms with E-state index in [1.54, 1.807) is 0 Å². The summed E-state index contributed by atoms with van der Waals surface area (Å²) in [6, 6.07) is 0. The molecule has 4 N–H and O–H groups in total. The first-order chi connectivity index (χ1) is 8.48. The van der Waals surface area contributed by atoms with Gasteiger partial charge in [0.05, 0.1) is 5.41 Å². The number of nitrogens with two attached hydrogens (primary N) is 1. The average molecular weight is 272 g/mol. The third-order valence-corrected chi connectivity index (χ3v) is 3.95. The van der Waals surface area contributed by atoms with Gasteiger partial charge in [-0.15, -0.1) is 0 Å². The Balaban J connectivity index is 4.08. The van der Waals surface area contributed by atoms with Crippen LogP contribution in [-0.4, -0.2) is 29.1 Å². The third-order valence-electron chi connectivity index (χ3n) is 3.95. The second-order valence-corrected chi connectivity index (χ2v) is 6.43. The number of nitrogens with one attached hydrogen (secondary N) is 1. The summed E-state index contributed by atoms with van der Waals surface area (Å²) in [5.41, 5.74) is 4.77. The van der Waals surface area contributed by atoms with Crippen LogP contribution in [-0.2, 0) is 9.59 Å². The van der Waals surface area contributed by atoms with E-state index in [0.717, 1.165) is 6.42 Å². The molecule has 5 nitrogen and oxygen atoms in total. The molecule has 5 heteroatoms. The first kappa shape index (κ1) is 17.9. The van der Waals surface area contributed by atoms with E-state index in [2.05, 4.69) is 5.32 Å². The standard InChI is InChI=1S/C14H28N2O3/c1-10(6-7-11(17)18)8-9-16-12(19)13(2,3)14(4,5)15/h10H,6-9,15H2,1-5H3,(H,16,19)(H,17,18). The zero-order valence-corrected chi connectivity index (χ0v) is 12.7. The normalized spacial score (nSPS) is 14.0. The minimum Gasteiger partial charge on any atom is -0.481 e. The van der Waals surface area contributed by atoms with Crippen LogP contribution in [0.3, 0.4) is 0 Å². The summed E-state index contributed by atoms with van der Waals surface area (Å²) in [5, 5.41) is 11.5. The van der Waals surface area contributed by atoms with Crippen molar-refractivity contribution in [2.75, 3.05) is 6.54 Å². The zero-order valence-electron chi connectivity index (χ0n) is 12.7. The lowest BCUT2D eigenvalue weighted by Crippen LogP contribution is -2.55. The maximum atomic E-state index is 12.1. The molecule has 0 saturated heterocycles. The Morgan fingerprint density at radius 1 is 1.21 bits per heavy atom. The van der Waals surface area contributed by atoms with Crippen molar-refractivity contribution in [1.82, 2.24) is 5.32 Å². The van der Waals surface area contributed by atoms with Crippen LogP contribution in [0.5, 0.6) is 0 Å². The predicted molar refractivity (Wildman–Crippen MR) is 75.7 cm³/mol. The van der Waals surface area contributed by atoms with Gasteiger partial charge in [0, 0.05) is 18.5 Å². The molecule has 19 heavy (non-hydrogen) atoms. The van der Waals surface area contributed by atoms with Gasteiger partial charge in [-0.25, -0.2) is 0 Å². The van der Waals surface area contributed by atoms with E-state index >= 15 is 0 Å². The molecule has 0 heterocycles. The molecule has 1 unspecified atom stereocenters. The van der Waals surface area contributed by atoms with Crippen molar-refractivity contribution >= 4 is 11.9 Å². The van der Waals surface area contributed by atoms with Gasteiger partial charge in [-0.1, -0.05) is 6.92 Å². The highest BCUT2D eigenvalue weighted by molar-refractivity contribution is 5.83. The Bertz CT molecular complexity index is 319. The van der Waals surface area contributed by atoms with E-state index in [4.69, 9.17) is 10.8 Å². The first-order valence-corrected chi connectivity index (χ1v) is 6.77. The second kappa shape index (κ2) is 6.89. The molecule has 0 aromatic heterocycles. The summed E-state index contributed by atoms with van der Waals surface area (Å²) >= 11 is 0. The van der Waals surface area contributed by atoms with Gasteiger partial charge >= 0.3 is 5.97 Å². The van der Waals surface area contributed by atoms with Gasteiger partial charge in [0.2, 0.25) is 5.91 Å². The van der Waals surface area contributed by atoms with Crippen molar-refractivity contribution in [1.29, 1.82) is 0 Å². The van der Waals surface area contributed by atoms with Gasteiger partial charge < -0.3 is 16.2 Å². The zero-order chi connectivity index (χ0) is 15.3. The number of carboxylic acids is 1. The minimum atomic E-state index is -0.776. The summed E-state index contributed by atoms with van der Waals surface area (Å²) in [6.07, 6.45) is 1.59. The number of rotatable bonds is 8. The van der Waals surface area contributed by atoms with Crippen LogP contribution in [0, 0.1) is 11.3 Å². The van der Waals surface area contributed by atoms with Gasteiger partial charge in [-0.05, 0) is 46.5 Å². The Labute approximate surface area is 115 Å². The lowest BCUT2D eigenvalue weighted by atomic mass is 9.74. The number of carbonyl (C=O) groups excluding carboxylic acids is 1. The summed E-state index contributed by atoms with van der Waals surface area (Å²) < 4.78 is 0. The van der Waals surface area contributed by atoms with Crippen LogP contribution in [0.15, 0.2) is 0 Å². The molecule has 0 radical (unpaired) electrons. The molecule has 0 aliphatic heterocycles. The van der Waals surface area contributed by atoms with Crippen LogP contribution >= 0.6 is 0 Å². The molecular weight excluding hydrogens is 244 g/mol. The molecule has 0 fully saturated rings. The van der Waals surface area contributed by atoms with Crippen molar-refractivity contribution in [2.24, 2.45) is 17.1 Å². The first-order valence-electron chi connectivity index (χ1n) is 6.77. The minimum absolute atomic E-state index is 0.0644. The van der Waals surface area contributed by atoms with E-state index in [9.17, 15) is 9.59 Å². The molecule has 1 amide bonds. The second-order valence-electron chi connectivity index (χ2n) is 6.43. The Kier molecular flexibility index (Phi) is 6.49. The van der Waals surface area contributed by atoms with E-state index in [1.807, 2.05) is 34.6 Å². The number of amides is 1. The molecule has 0 rings (SSSR count). The molecule has 1 atom stereocenters. The van der Waals surface area contributed by atoms with E-state index in [1.165, 1.54) is 0 Å². The molecule has 0 spiro atoms. The molecule has 112 valence electrons. The van der Waals surface area contributed by atoms with Crippen molar-refractivity contribution in [3.8, 4) is 0 Å². The average Bonchev–Trinajstić information content (AvgIpc) is 2.24. The van der Waals surface area contributed by atoms with Gasteiger partial charge in [0.15, 0.2) is 0 Å². The maximum Gasteiger partial charge on any atom is 0.303 e. The highest BCUT2D eigenvalue weighted by Gasteiger charge is 2.40. The van der Waals surface area contributed by atoms with Crippen LogP contribution < -0.4 is 11.1 Å². The highest BCUT2D eigenvalue weighted by Crippen LogP contribution is 2.28. The fourth-order valence-electron chi connectivity index (χ4n) is 1.46. The molecule has 0 aliphatic rings. The number of hydrogen-bond donors (Lipinski definition) is 3. The maximum absolute atomic E-state index is 12.1. The molecule has 0 bridgehead atoms. The van der Waals surface area contributed by atoms with Gasteiger partial charge in [-0.3, -0.25) is 9.59 Å². The number of aliphatic carboxylic acids is 1. The van der Waals surface area contributed by atoms with Gasteiger partial charge in [0.25, 0.3) is 0 Å². The quantitative estimate of drug-likeness (QED) is 0.627. The lowest BCUT2D eigenvalue weighted by Gasteiger charge is -2.37. The molecule has 0 aliphatic carbocycles. The smallest absolute Gasteiger partial charge is 0.303 e. The highest BCUT2D eigenvalue weighted by atomic mass is 16.4. The van der Waals surface area contributed by atoms with E-state index in [0.29, 0.717) is 13.0 Å². The monoisotopic (exact) mass is 272 g/mol. The Hall–Kier alpha value is -1.10. The predicted octanol–water partition coefficient (Wildman–Crippen LogP) is 1.76. The summed E-state index contributed by atoms with van der Waals surface area (Å²) in [4.78, 5) is 22.5. The van der Waals surface area contributed by atoms with Crippen LogP contribution in [0.4, 0.5) is 0 Å². The van der Waals surface area contributed by atoms with Crippen LogP contribution in [0.1, 0.15) is 53.9 Å². The van der Waals surface area contributed by atoms with Crippen molar-refractivity contribution < 1.29 is 14.7 Å². The van der Waals surface area contributed by atoms with Gasteiger partial charge in [0.1, 0.15) is 0 Å². The molecule has 0 aromatic rings. The molecular formula is C14H28N2O3. The Morgan fingerprint density at radius 2 is 1.74 bits per heavy atom. The number of hydrogen-bond acceptors (Lipinski definition) is 3. The topological polar surface area (TPSA) is 92.4 Å². The van der Waals surface area contributed by atoms with E-state index < -0.39 is 16.9 Å². The largest absolute Gasteiger partial charge is 0.481 e. The van der Waals surface area contributed by atoms with E-state index in [-0.39, 0.29) is 18.2 Å². The van der Waals surface area contributed by atoms with Crippen molar-refractivity contribution in [3.63, 3.8) is 0 Å². The Morgan fingerprint density at radius 3 is 2.16 bits per heavy atom. The van der Waals surface area contributed by atoms with Gasteiger partial charge in [-0.2, -0.15) is 0 Å². The van der Waals surface area contributed by atoms with Crippen LogP contribution in [0.2, 0.25) is 0 Å². The summed E-state index contributed by atoms with van der Waals surface area (Å²) in [7, 11) is 0. The molecule has 0 aromatic carbocycles. The van der Waals surface area contributed by atoms with Crippen molar-refractivity contribution in [3.05, 3.63) is 0 Å². The fourth-order valence-corrected chi connectivity index (χ4v) is 1.46. The number of carbonyl (C=O) groups is 2.